The lowest BCUT2D eigenvalue weighted by Crippen LogP contribution is -2.24. The monoisotopic (exact) mass is 314 g/mol. The van der Waals surface area contributed by atoms with Crippen molar-refractivity contribution < 1.29 is 19.7 Å². The van der Waals surface area contributed by atoms with Gasteiger partial charge in [0, 0.05) is 0 Å². The normalized spacial score (nSPS) is 10.7. The van der Waals surface area contributed by atoms with Crippen LogP contribution in [0, 0.1) is 13.8 Å². The number of benzene rings is 2. The zero-order valence-electron chi connectivity index (χ0n) is 12.9. The van der Waals surface area contributed by atoms with E-state index >= 15 is 0 Å². The van der Waals surface area contributed by atoms with Gasteiger partial charge in [-0.1, -0.05) is 6.07 Å². The van der Waals surface area contributed by atoms with Crippen molar-refractivity contribution in [1.82, 2.24) is 5.43 Å². The lowest BCUT2D eigenvalue weighted by Gasteiger charge is -2.07. The smallest absolute Gasteiger partial charge is 0.277 e. The number of nitrogens with one attached hydrogen (secondary N) is 1. The lowest BCUT2D eigenvalue weighted by atomic mass is 10.1. The fourth-order valence-corrected chi connectivity index (χ4v) is 1.78. The van der Waals surface area contributed by atoms with Crippen LogP contribution in [0.25, 0.3) is 0 Å². The van der Waals surface area contributed by atoms with Gasteiger partial charge in [0.2, 0.25) is 0 Å². The number of hydrogen-bond donors (Lipinski definition) is 3. The number of hydrogen-bond acceptors (Lipinski definition) is 5. The van der Waals surface area contributed by atoms with E-state index in [0.29, 0.717) is 11.3 Å². The third-order valence-electron chi connectivity index (χ3n) is 3.25. The summed E-state index contributed by atoms with van der Waals surface area (Å²) in [4.78, 5) is 11.6. The zero-order chi connectivity index (χ0) is 16.8. The maximum atomic E-state index is 11.6. The number of aromatic hydroxyl groups is 2. The van der Waals surface area contributed by atoms with Crippen molar-refractivity contribution in [2.75, 3.05) is 6.61 Å². The number of carbonyl (C=O) groups is 1. The lowest BCUT2D eigenvalue weighted by molar-refractivity contribution is -0.123. The van der Waals surface area contributed by atoms with E-state index in [1.807, 2.05) is 26.0 Å². The van der Waals surface area contributed by atoms with E-state index in [2.05, 4.69) is 10.5 Å². The molecule has 2 rings (SSSR count). The fourth-order valence-electron chi connectivity index (χ4n) is 1.78. The summed E-state index contributed by atoms with van der Waals surface area (Å²) >= 11 is 0. The van der Waals surface area contributed by atoms with Gasteiger partial charge < -0.3 is 14.9 Å². The van der Waals surface area contributed by atoms with Crippen molar-refractivity contribution in [2.45, 2.75) is 13.8 Å². The van der Waals surface area contributed by atoms with Crippen LogP contribution in [0.15, 0.2) is 41.5 Å². The molecule has 0 aliphatic rings. The van der Waals surface area contributed by atoms with Crippen LogP contribution in [0.3, 0.4) is 0 Å². The van der Waals surface area contributed by atoms with E-state index in [1.54, 1.807) is 12.1 Å². The summed E-state index contributed by atoms with van der Waals surface area (Å²) in [5.41, 5.74) is 5.11. The molecule has 1 amide bonds. The van der Waals surface area contributed by atoms with Crippen LogP contribution in [0.2, 0.25) is 0 Å². The topological polar surface area (TPSA) is 91.2 Å². The van der Waals surface area contributed by atoms with Crippen LogP contribution in [0.5, 0.6) is 17.2 Å². The van der Waals surface area contributed by atoms with Crippen molar-refractivity contribution in [3.8, 4) is 17.2 Å². The summed E-state index contributed by atoms with van der Waals surface area (Å²) in [7, 11) is 0. The van der Waals surface area contributed by atoms with Gasteiger partial charge in [0.25, 0.3) is 5.91 Å². The zero-order valence-corrected chi connectivity index (χ0v) is 12.9. The SMILES string of the molecule is Cc1ccc(OCC(=O)N/N=C/c2ccc(O)c(O)c2)cc1C. The molecular formula is C17H18N2O4. The molecule has 0 unspecified atom stereocenters. The summed E-state index contributed by atoms with van der Waals surface area (Å²) < 4.78 is 5.38. The van der Waals surface area contributed by atoms with Crippen LogP contribution in [0.1, 0.15) is 16.7 Å². The molecule has 0 aromatic heterocycles. The molecule has 2 aromatic carbocycles. The molecule has 0 radical (unpaired) electrons. The summed E-state index contributed by atoms with van der Waals surface area (Å²) in [5.74, 6) is -0.246. The number of rotatable bonds is 5. The largest absolute Gasteiger partial charge is 0.504 e. The highest BCUT2D eigenvalue weighted by molar-refractivity contribution is 5.83. The Kier molecular flexibility index (Phi) is 5.19. The molecule has 0 saturated heterocycles. The number of phenolic OH excluding ortho intramolecular Hbond substituents is 2. The molecule has 0 heterocycles. The first-order chi connectivity index (χ1) is 11.0. The van der Waals surface area contributed by atoms with Crippen LogP contribution in [-0.4, -0.2) is 28.9 Å². The van der Waals surface area contributed by atoms with Crippen LogP contribution >= 0.6 is 0 Å². The molecule has 0 aliphatic heterocycles. The first kappa shape index (κ1) is 16.4. The van der Waals surface area contributed by atoms with E-state index in [9.17, 15) is 15.0 Å². The van der Waals surface area contributed by atoms with Gasteiger partial charge >= 0.3 is 0 Å². The second-order valence-corrected chi connectivity index (χ2v) is 5.08. The Morgan fingerprint density at radius 2 is 1.91 bits per heavy atom. The Labute approximate surface area is 134 Å². The molecule has 2 aromatic rings. The van der Waals surface area contributed by atoms with Crippen LogP contribution in [-0.2, 0) is 4.79 Å². The molecule has 0 spiro atoms. The van der Waals surface area contributed by atoms with Gasteiger partial charge in [-0.2, -0.15) is 5.10 Å². The summed E-state index contributed by atoms with van der Waals surface area (Å²) in [6.45, 7) is 3.82. The van der Waals surface area contributed by atoms with Gasteiger partial charge in [-0.25, -0.2) is 5.43 Å². The third-order valence-corrected chi connectivity index (χ3v) is 3.25. The molecule has 0 bridgehead atoms. The number of carbonyl (C=O) groups excluding carboxylic acids is 1. The molecule has 120 valence electrons. The molecule has 0 fully saturated rings. The second-order valence-electron chi connectivity index (χ2n) is 5.08. The first-order valence-corrected chi connectivity index (χ1v) is 6.99. The Morgan fingerprint density at radius 1 is 1.13 bits per heavy atom. The third kappa shape index (κ3) is 4.74. The minimum Gasteiger partial charge on any atom is -0.504 e. The molecule has 6 heteroatoms. The van der Waals surface area contributed by atoms with Crippen LogP contribution < -0.4 is 10.2 Å². The minimum atomic E-state index is -0.400. The van der Waals surface area contributed by atoms with Crippen molar-refractivity contribution in [3.63, 3.8) is 0 Å². The van der Waals surface area contributed by atoms with Gasteiger partial charge in [-0.05, 0) is 60.9 Å². The van der Waals surface area contributed by atoms with Crippen molar-refractivity contribution in [1.29, 1.82) is 0 Å². The van der Waals surface area contributed by atoms with Crippen molar-refractivity contribution in [2.24, 2.45) is 5.10 Å². The molecule has 6 nitrogen and oxygen atoms in total. The van der Waals surface area contributed by atoms with Gasteiger partial charge in [-0.3, -0.25) is 4.79 Å². The average Bonchev–Trinajstić information content (AvgIpc) is 2.52. The van der Waals surface area contributed by atoms with Gasteiger partial charge in [-0.15, -0.1) is 0 Å². The van der Waals surface area contributed by atoms with Crippen molar-refractivity contribution in [3.05, 3.63) is 53.1 Å². The highest BCUT2D eigenvalue weighted by Gasteiger charge is 2.03. The standard InChI is InChI=1S/C17H18N2O4/c1-11-3-5-14(7-12(11)2)23-10-17(22)19-18-9-13-4-6-15(20)16(21)8-13/h3-9,20-21H,10H2,1-2H3,(H,19,22)/b18-9+. The van der Waals surface area contributed by atoms with Gasteiger partial charge in [0.1, 0.15) is 5.75 Å². The molecule has 0 atom stereocenters. The Hall–Kier alpha value is -3.02. The van der Waals surface area contributed by atoms with E-state index in [1.165, 1.54) is 18.3 Å². The second kappa shape index (κ2) is 7.31. The Balaban J connectivity index is 1.83. The quantitative estimate of drug-likeness (QED) is 0.448. The number of ether oxygens (including phenoxy) is 1. The van der Waals surface area contributed by atoms with Crippen molar-refractivity contribution >= 4 is 12.1 Å². The van der Waals surface area contributed by atoms with Crippen LogP contribution in [0.4, 0.5) is 0 Å². The first-order valence-electron chi connectivity index (χ1n) is 6.99. The molecule has 3 N–H and O–H groups in total. The Morgan fingerprint density at radius 3 is 2.61 bits per heavy atom. The average molecular weight is 314 g/mol. The molecule has 0 saturated carbocycles. The number of nitrogens with zero attached hydrogens (tertiary/aromatic N) is 1. The van der Waals surface area contributed by atoms with E-state index in [-0.39, 0.29) is 18.1 Å². The predicted molar refractivity (Wildman–Crippen MR) is 86.9 cm³/mol. The maximum Gasteiger partial charge on any atom is 0.277 e. The summed E-state index contributed by atoms with van der Waals surface area (Å²) in [6.07, 6.45) is 1.35. The number of hydrazone groups is 1. The summed E-state index contributed by atoms with van der Waals surface area (Å²) in [6, 6.07) is 9.81. The minimum absolute atomic E-state index is 0.152. The highest BCUT2D eigenvalue weighted by Crippen LogP contribution is 2.23. The molecule has 23 heavy (non-hydrogen) atoms. The van der Waals surface area contributed by atoms with E-state index in [4.69, 9.17) is 4.74 Å². The molecular weight excluding hydrogens is 296 g/mol. The Bertz CT molecular complexity index is 741. The predicted octanol–water partition coefficient (Wildman–Crippen LogP) is 2.24. The summed E-state index contributed by atoms with van der Waals surface area (Å²) in [5, 5.41) is 22.3. The maximum absolute atomic E-state index is 11.6. The number of phenols is 2. The van der Waals surface area contributed by atoms with E-state index < -0.39 is 5.91 Å². The molecule has 0 aliphatic carbocycles. The highest BCUT2D eigenvalue weighted by atomic mass is 16.5. The number of aryl methyl sites for hydroxylation is 2. The van der Waals surface area contributed by atoms with Gasteiger partial charge in [0.05, 0.1) is 6.21 Å². The fraction of sp³-hybridized carbons (Fsp3) is 0.176. The number of amides is 1. The van der Waals surface area contributed by atoms with Gasteiger partial charge in [0.15, 0.2) is 18.1 Å². The van der Waals surface area contributed by atoms with E-state index in [0.717, 1.165) is 11.1 Å².